The number of aryl methyl sites for hydroxylation is 1. The molecule has 0 radical (unpaired) electrons. The molecule has 166 valence electrons. The summed E-state index contributed by atoms with van der Waals surface area (Å²) >= 11 is 0. The highest BCUT2D eigenvalue weighted by Crippen LogP contribution is 2.46. The van der Waals surface area contributed by atoms with Crippen molar-refractivity contribution in [3.05, 3.63) is 68.9 Å². The maximum atomic E-state index is 13.4. The number of anilines is 1. The van der Waals surface area contributed by atoms with E-state index in [1.165, 1.54) is 17.0 Å². The van der Waals surface area contributed by atoms with Gasteiger partial charge in [-0.2, -0.15) is 0 Å². The van der Waals surface area contributed by atoms with Gasteiger partial charge in [-0.25, -0.2) is 0 Å². The average Bonchev–Trinajstić information content (AvgIpc) is 2.78. The normalized spacial score (nSPS) is 18.5. The molecule has 2 aromatic carbocycles. The first-order valence-corrected chi connectivity index (χ1v) is 10.4. The number of carbonyl (C=O) groups is 2. The Morgan fingerprint density at radius 2 is 1.84 bits per heavy atom. The lowest BCUT2D eigenvalue weighted by atomic mass is 9.76. The molecule has 8 nitrogen and oxygen atoms in total. The minimum absolute atomic E-state index is 0.00490. The van der Waals surface area contributed by atoms with E-state index in [0.717, 1.165) is 11.1 Å². The van der Waals surface area contributed by atoms with Crippen molar-refractivity contribution in [3.63, 3.8) is 0 Å². The van der Waals surface area contributed by atoms with Crippen LogP contribution in [0, 0.1) is 17.0 Å². The van der Waals surface area contributed by atoms with Crippen molar-refractivity contribution in [2.75, 3.05) is 19.1 Å². The molecule has 0 spiro atoms. The minimum atomic E-state index is -0.482. The van der Waals surface area contributed by atoms with Crippen LogP contribution in [0.3, 0.4) is 0 Å². The molecule has 0 bridgehead atoms. The number of ketones is 1. The maximum absolute atomic E-state index is 13.4. The fraction of sp³-hybridized carbons (Fsp3) is 0.333. The summed E-state index contributed by atoms with van der Waals surface area (Å²) in [4.78, 5) is 38.9. The molecule has 1 unspecified atom stereocenters. The highest BCUT2D eigenvalue weighted by atomic mass is 16.6. The Hall–Kier alpha value is -3.68. The van der Waals surface area contributed by atoms with E-state index in [2.05, 4.69) is 0 Å². The molecule has 1 amide bonds. The number of methoxy groups -OCH3 is 2. The van der Waals surface area contributed by atoms with Crippen molar-refractivity contribution >= 4 is 23.1 Å². The number of benzene rings is 2. The zero-order valence-electron chi connectivity index (χ0n) is 18.2. The number of hydrogen-bond acceptors (Lipinski definition) is 6. The molecule has 0 fully saturated rings. The summed E-state index contributed by atoms with van der Waals surface area (Å²) in [6.45, 7) is 1.80. The average molecular weight is 436 g/mol. The number of carbonyl (C=O) groups excluding carboxylic acids is 2. The lowest BCUT2D eigenvalue weighted by Gasteiger charge is -2.39. The molecule has 8 heteroatoms. The fourth-order valence-corrected chi connectivity index (χ4v) is 4.60. The Bertz CT molecular complexity index is 1150. The molecule has 32 heavy (non-hydrogen) atoms. The van der Waals surface area contributed by atoms with Gasteiger partial charge in [0.25, 0.3) is 5.69 Å². The van der Waals surface area contributed by atoms with Crippen LogP contribution >= 0.6 is 0 Å². The molecular formula is C24H24N2O6. The highest BCUT2D eigenvalue weighted by molar-refractivity contribution is 6.08. The van der Waals surface area contributed by atoms with Crippen LogP contribution in [-0.2, 0) is 9.59 Å². The topological polar surface area (TPSA) is 99.0 Å². The van der Waals surface area contributed by atoms with Gasteiger partial charge in [-0.3, -0.25) is 24.6 Å². The summed E-state index contributed by atoms with van der Waals surface area (Å²) in [6.07, 6.45) is 1.64. The van der Waals surface area contributed by atoms with Crippen LogP contribution in [-0.4, -0.2) is 30.8 Å². The predicted molar refractivity (Wildman–Crippen MR) is 118 cm³/mol. The minimum Gasteiger partial charge on any atom is -0.497 e. The van der Waals surface area contributed by atoms with Gasteiger partial charge >= 0.3 is 0 Å². The van der Waals surface area contributed by atoms with Crippen LogP contribution < -0.4 is 14.4 Å². The second kappa shape index (κ2) is 8.45. The second-order valence-electron chi connectivity index (χ2n) is 7.96. The lowest BCUT2D eigenvalue weighted by molar-refractivity contribution is -0.384. The van der Waals surface area contributed by atoms with Gasteiger partial charge in [-0.15, -0.1) is 0 Å². The molecule has 4 rings (SSSR count). The Kier molecular flexibility index (Phi) is 5.69. The summed E-state index contributed by atoms with van der Waals surface area (Å²) in [5, 5.41) is 11.3. The van der Waals surface area contributed by atoms with Gasteiger partial charge < -0.3 is 9.47 Å². The number of non-ortho nitro benzene ring substituents is 1. The van der Waals surface area contributed by atoms with Gasteiger partial charge in [0.15, 0.2) is 5.78 Å². The molecule has 1 aliphatic heterocycles. The number of amides is 1. The summed E-state index contributed by atoms with van der Waals surface area (Å²) in [6, 6.07) is 9.81. The quantitative estimate of drug-likeness (QED) is 0.507. The molecule has 2 aromatic rings. The van der Waals surface area contributed by atoms with E-state index in [0.29, 0.717) is 47.7 Å². The SMILES string of the molecule is COc1ccc(C2CC(=O)N(c3cc([N+](=O)[O-])ccc3C)C3=C2C(=O)CCC3)c(OC)c1. The van der Waals surface area contributed by atoms with E-state index in [9.17, 15) is 19.7 Å². The first-order chi connectivity index (χ1) is 15.3. The van der Waals surface area contributed by atoms with E-state index in [4.69, 9.17) is 9.47 Å². The summed E-state index contributed by atoms with van der Waals surface area (Å²) in [7, 11) is 3.10. The van der Waals surface area contributed by atoms with Crippen molar-refractivity contribution in [1.82, 2.24) is 0 Å². The van der Waals surface area contributed by atoms with Crippen molar-refractivity contribution in [1.29, 1.82) is 0 Å². The number of nitrogens with zero attached hydrogens (tertiary/aromatic N) is 2. The molecule has 1 atom stereocenters. The third-order valence-corrected chi connectivity index (χ3v) is 6.14. The maximum Gasteiger partial charge on any atom is 0.271 e. The number of hydrogen-bond donors (Lipinski definition) is 0. The molecule has 0 N–H and O–H groups in total. The third-order valence-electron chi connectivity index (χ3n) is 6.14. The largest absolute Gasteiger partial charge is 0.497 e. The number of nitro benzene ring substituents is 1. The van der Waals surface area contributed by atoms with Gasteiger partial charge in [0.05, 0.1) is 24.8 Å². The molecule has 0 saturated carbocycles. The van der Waals surface area contributed by atoms with E-state index in [1.807, 2.05) is 6.07 Å². The Morgan fingerprint density at radius 3 is 2.53 bits per heavy atom. The standard InChI is InChI=1S/C24H24N2O6/c1-14-7-8-15(26(29)30)11-20(14)25-19-5-4-6-21(27)24(19)18(13-23(25)28)17-10-9-16(31-2)12-22(17)32-3/h7-12,18H,4-6,13H2,1-3H3. The molecule has 2 aliphatic rings. The van der Waals surface area contributed by atoms with E-state index >= 15 is 0 Å². The molecule has 0 saturated heterocycles. The van der Waals surface area contributed by atoms with Crippen molar-refractivity contribution < 1.29 is 24.0 Å². The third kappa shape index (κ3) is 3.62. The first kappa shape index (κ1) is 21.5. The highest BCUT2D eigenvalue weighted by Gasteiger charge is 2.41. The Labute approximate surface area is 185 Å². The summed E-state index contributed by atoms with van der Waals surface area (Å²) in [5.74, 6) is 0.513. The molecule has 1 heterocycles. The van der Waals surface area contributed by atoms with Crippen LogP contribution in [0.5, 0.6) is 11.5 Å². The number of allylic oxidation sites excluding steroid dienone is 2. The zero-order valence-corrected chi connectivity index (χ0v) is 18.2. The van der Waals surface area contributed by atoms with Gasteiger partial charge in [0, 0.05) is 53.8 Å². The number of rotatable bonds is 5. The van der Waals surface area contributed by atoms with E-state index in [-0.39, 0.29) is 23.8 Å². The van der Waals surface area contributed by atoms with Crippen molar-refractivity contribution in [2.45, 2.75) is 38.5 Å². The van der Waals surface area contributed by atoms with E-state index < -0.39 is 10.8 Å². The van der Waals surface area contributed by atoms with Gasteiger partial charge in [-0.05, 0) is 31.4 Å². The number of Topliss-reactive ketones (excluding diaryl/α,β-unsaturated/α-hetero) is 1. The molecular weight excluding hydrogens is 412 g/mol. The zero-order chi connectivity index (χ0) is 23.0. The lowest BCUT2D eigenvalue weighted by Crippen LogP contribution is -2.41. The molecule has 0 aromatic heterocycles. The second-order valence-corrected chi connectivity index (χ2v) is 7.96. The van der Waals surface area contributed by atoms with Crippen LogP contribution in [0.25, 0.3) is 0 Å². The molecule has 1 aliphatic carbocycles. The van der Waals surface area contributed by atoms with Crippen molar-refractivity contribution in [2.24, 2.45) is 0 Å². The monoisotopic (exact) mass is 436 g/mol. The summed E-state index contributed by atoms with van der Waals surface area (Å²) in [5.41, 5.74) is 3.05. The Balaban J connectivity index is 1.89. The fourth-order valence-electron chi connectivity index (χ4n) is 4.60. The Morgan fingerprint density at radius 1 is 1.06 bits per heavy atom. The van der Waals surface area contributed by atoms with Gasteiger partial charge in [0.1, 0.15) is 11.5 Å². The number of nitro groups is 1. The van der Waals surface area contributed by atoms with Crippen LogP contribution in [0.15, 0.2) is 47.7 Å². The van der Waals surface area contributed by atoms with E-state index in [1.54, 1.807) is 39.3 Å². The van der Waals surface area contributed by atoms with Crippen LogP contribution in [0.1, 0.15) is 42.7 Å². The van der Waals surface area contributed by atoms with Crippen LogP contribution in [0.4, 0.5) is 11.4 Å². The first-order valence-electron chi connectivity index (χ1n) is 10.4. The van der Waals surface area contributed by atoms with Crippen LogP contribution in [0.2, 0.25) is 0 Å². The summed E-state index contributed by atoms with van der Waals surface area (Å²) < 4.78 is 10.8. The predicted octanol–water partition coefficient (Wildman–Crippen LogP) is 4.45. The smallest absolute Gasteiger partial charge is 0.271 e. The van der Waals surface area contributed by atoms with Gasteiger partial charge in [0.2, 0.25) is 5.91 Å². The van der Waals surface area contributed by atoms with Gasteiger partial charge in [-0.1, -0.05) is 12.1 Å². The van der Waals surface area contributed by atoms with Crippen molar-refractivity contribution in [3.8, 4) is 11.5 Å². The number of ether oxygens (including phenoxy) is 2.